The van der Waals surface area contributed by atoms with E-state index in [1.165, 1.54) is 0 Å². The van der Waals surface area contributed by atoms with E-state index >= 15 is 0 Å². The minimum absolute atomic E-state index is 0. The number of pyridine rings is 1. The predicted molar refractivity (Wildman–Crippen MR) is 176 cm³/mol. The molecule has 1 atom stereocenters. The van der Waals surface area contributed by atoms with Gasteiger partial charge in [0.2, 0.25) is 17.6 Å². The van der Waals surface area contributed by atoms with Gasteiger partial charge in [-0.25, -0.2) is 4.98 Å². The molecule has 1 spiro atoms. The van der Waals surface area contributed by atoms with Gasteiger partial charge in [-0.3, -0.25) is 4.79 Å². The fraction of sp³-hybridized carbons (Fsp3) is 0.364. The maximum absolute atomic E-state index is 12.9. The molecule has 46 heavy (non-hydrogen) atoms. The summed E-state index contributed by atoms with van der Waals surface area (Å²) in [5.74, 6) is 2.15. The normalized spacial score (nSPS) is 15.8. The molecule has 3 aromatic heterocycles. The number of fused-ring (bicyclic) bond motifs is 3. The Morgan fingerprint density at radius 1 is 1.09 bits per heavy atom. The molecule has 2 aromatic carbocycles. The average molecular weight is 645 g/mol. The SMILES string of the molecule is CC(C)(Cc1c[nH]c2c(Oc3ncccc3-c3nn[nH]n3)cccc12)NC[C@H](O)COc1cccc2c1C1(CCCC1)C(=O)N2.Cl. The number of amides is 1. The highest BCUT2D eigenvalue weighted by Gasteiger charge is 2.50. The molecule has 12 nitrogen and oxygen atoms in total. The lowest BCUT2D eigenvalue weighted by atomic mass is 9.79. The van der Waals surface area contributed by atoms with Gasteiger partial charge in [0.15, 0.2) is 5.75 Å². The topological polar surface area (TPSA) is 163 Å². The molecule has 5 aromatic rings. The molecule has 13 heteroatoms. The number of para-hydroxylation sites is 1. The number of halogens is 1. The maximum atomic E-state index is 12.9. The molecule has 2 aliphatic rings. The van der Waals surface area contributed by atoms with Gasteiger partial charge in [0.05, 0.1) is 16.5 Å². The number of ether oxygens (including phenoxy) is 2. The lowest BCUT2D eigenvalue weighted by Crippen LogP contribution is -2.46. The van der Waals surface area contributed by atoms with Crippen molar-refractivity contribution in [3.8, 4) is 28.8 Å². The van der Waals surface area contributed by atoms with Crippen LogP contribution in [0.15, 0.2) is 60.9 Å². The number of hydrogen-bond donors (Lipinski definition) is 5. The molecule has 0 unspecified atom stereocenters. The number of aromatic nitrogens is 6. The summed E-state index contributed by atoms with van der Waals surface area (Å²) in [6.07, 6.45) is 7.32. The van der Waals surface area contributed by atoms with Gasteiger partial charge < -0.3 is 30.2 Å². The van der Waals surface area contributed by atoms with E-state index in [9.17, 15) is 9.90 Å². The number of β-amino-alcohol motifs (C(OH)–C–C–N with tert-alkyl or cyclic N) is 1. The number of nitrogens with zero attached hydrogens (tertiary/aromatic N) is 4. The van der Waals surface area contributed by atoms with Crippen LogP contribution in [0.4, 0.5) is 5.69 Å². The first-order chi connectivity index (χ1) is 21.8. The highest BCUT2D eigenvalue weighted by atomic mass is 35.5. The summed E-state index contributed by atoms with van der Waals surface area (Å²) in [5.41, 5.74) is 3.52. The maximum Gasteiger partial charge on any atom is 0.235 e. The number of H-pyrrole nitrogens is 2. The smallest absolute Gasteiger partial charge is 0.235 e. The zero-order chi connectivity index (χ0) is 31.0. The summed E-state index contributed by atoms with van der Waals surface area (Å²) >= 11 is 0. The van der Waals surface area contributed by atoms with Crippen molar-refractivity contribution in [1.29, 1.82) is 0 Å². The van der Waals surface area contributed by atoms with Crippen LogP contribution < -0.4 is 20.1 Å². The first kappa shape index (κ1) is 31.5. The second-order valence-electron chi connectivity index (χ2n) is 12.5. The van der Waals surface area contributed by atoms with Gasteiger partial charge in [0, 0.05) is 41.1 Å². The predicted octanol–water partition coefficient (Wildman–Crippen LogP) is 5.07. The van der Waals surface area contributed by atoms with Crippen LogP contribution in [-0.4, -0.2) is 66.4 Å². The van der Waals surface area contributed by atoms with Crippen LogP contribution in [0.1, 0.15) is 50.7 Å². The minimum atomic E-state index is -0.737. The third-order valence-corrected chi connectivity index (χ3v) is 8.85. The second-order valence-corrected chi connectivity index (χ2v) is 12.5. The summed E-state index contributed by atoms with van der Waals surface area (Å²) < 4.78 is 12.4. The largest absolute Gasteiger partial charge is 0.490 e. The van der Waals surface area contributed by atoms with E-state index in [4.69, 9.17) is 9.47 Å². The fourth-order valence-corrected chi connectivity index (χ4v) is 6.68. The standard InChI is InChI=1S/C33H36N8O4.ClH/c1-32(2,36-18-21(42)19-44-25-11-6-10-24-27(25)33(31(43)37-24)13-3-4-14-33)16-20-17-35-28-22(20)8-5-12-26(28)45-30-23(9-7-15-34-30)29-38-40-41-39-29;/h5-12,15,17,21,35-36,42H,3-4,13-14,16,18-19H2,1-2H3,(H,37,43)(H,38,39,40,41);1H/t21-;/m0./s1. The molecule has 1 aliphatic heterocycles. The Morgan fingerprint density at radius 2 is 1.89 bits per heavy atom. The Kier molecular flexibility index (Phi) is 8.69. The first-order valence-electron chi connectivity index (χ1n) is 15.3. The fourth-order valence-electron chi connectivity index (χ4n) is 6.68. The Labute approximate surface area is 272 Å². The summed E-state index contributed by atoms with van der Waals surface area (Å²) in [6, 6.07) is 15.2. The van der Waals surface area contributed by atoms with Gasteiger partial charge in [0.1, 0.15) is 18.5 Å². The number of anilines is 1. The van der Waals surface area contributed by atoms with Crippen LogP contribution >= 0.6 is 12.4 Å². The number of aliphatic hydroxyl groups excluding tert-OH is 1. The first-order valence-corrected chi connectivity index (χ1v) is 15.3. The van der Waals surface area contributed by atoms with E-state index in [0.717, 1.165) is 53.4 Å². The number of aromatic amines is 2. The Bertz CT molecular complexity index is 1830. The van der Waals surface area contributed by atoms with E-state index in [0.29, 0.717) is 41.7 Å². The molecule has 7 rings (SSSR count). The van der Waals surface area contributed by atoms with Gasteiger partial charge in [0.25, 0.3) is 0 Å². The van der Waals surface area contributed by atoms with E-state index in [1.807, 2.05) is 42.6 Å². The number of aliphatic hydroxyl groups is 1. The highest BCUT2D eigenvalue weighted by molar-refractivity contribution is 6.07. The molecular formula is C33H37ClN8O4. The van der Waals surface area contributed by atoms with Gasteiger partial charge in [-0.15, -0.1) is 22.6 Å². The van der Waals surface area contributed by atoms with Crippen LogP contribution in [-0.2, 0) is 16.6 Å². The van der Waals surface area contributed by atoms with E-state index < -0.39 is 11.5 Å². The average Bonchev–Trinajstić information content (AvgIpc) is 3.85. The molecule has 4 heterocycles. The van der Waals surface area contributed by atoms with Crippen molar-refractivity contribution in [3.05, 3.63) is 72.1 Å². The number of hydrogen-bond acceptors (Lipinski definition) is 9. The molecule has 0 saturated heterocycles. The summed E-state index contributed by atoms with van der Waals surface area (Å²) in [6.45, 7) is 4.68. The molecular weight excluding hydrogens is 608 g/mol. The van der Waals surface area contributed by atoms with Crippen LogP contribution in [0.25, 0.3) is 22.3 Å². The molecule has 5 N–H and O–H groups in total. The Hall–Kier alpha value is -4.52. The Balaban J connectivity index is 0.00000372. The molecule has 0 radical (unpaired) electrons. The van der Waals surface area contributed by atoms with Gasteiger partial charge >= 0.3 is 0 Å². The van der Waals surface area contributed by atoms with Crippen LogP contribution in [0, 0.1) is 0 Å². The summed E-state index contributed by atoms with van der Waals surface area (Å²) in [4.78, 5) is 20.7. The summed E-state index contributed by atoms with van der Waals surface area (Å²) in [5, 5.41) is 32.7. The monoisotopic (exact) mass is 644 g/mol. The number of tetrazole rings is 1. The quantitative estimate of drug-likeness (QED) is 0.132. The third kappa shape index (κ3) is 5.91. The number of rotatable bonds is 11. The van der Waals surface area contributed by atoms with E-state index in [1.54, 1.807) is 12.3 Å². The van der Waals surface area contributed by atoms with Crippen molar-refractivity contribution in [1.82, 2.24) is 35.9 Å². The van der Waals surface area contributed by atoms with Crippen molar-refractivity contribution in [3.63, 3.8) is 0 Å². The molecule has 1 aliphatic carbocycles. The van der Waals surface area contributed by atoms with Gasteiger partial charge in [-0.05, 0) is 74.2 Å². The van der Waals surface area contributed by atoms with Crippen molar-refractivity contribution >= 4 is 34.9 Å². The zero-order valence-electron chi connectivity index (χ0n) is 25.7. The number of carbonyl (C=O) groups is 1. The Morgan fingerprint density at radius 3 is 2.70 bits per heavy atom. The minimum Gasteiger partial charge on any atom is -0.490 e. The van der Waals surface area contributed by atoms with E-state index in [-0.39, 0.29) is 30.5 Å². The van der Waals surface area contributed by atoms with Crippen molar-refractivity contribution in [2.75, 3.05) is 18.5 Å². The number of nitrogens with one attached hydrogen (secondary N) is 4. The van der Waals surface area contributed by atoms with E-state index in [2.05, 4.69) is 61.1 Å². The van der Waals surface area contributed by atoms with Crippen molar-refractivity contribution in [2.24, 2.45) is 0 Å². The molecule has 1 saturated carbocycles. The third-order valence-electron chi connectivity index (χ3n) is 8.85. The van der Waals surface area contributed by atoms with Gasteiger partial charge in [-0.1, -0.05) is 31.0 Å². The number of benzene rings is 2. The van der Waals surface area contributed by atoms with Crippen LogP contribution in [0.3, 0.4) is 0 Å². The van der Waals surface area contributed by atoms with Crippen LogP contribution in [0.2, 0.25) is 0 Å². The molecule has 1 amide bonds. The highest BCUT2D eigenvalue weighted by Crippen LogP contribution is 2.52. The molecule has 1 fully saturated rings. The van der Waals surface area contributed by atoms with Crippen molar-refractivity contribution < 1.29 is 19.4 Å². The molecule has 240 valence electrons. The molecule has 0 bridgehead atoms. The van der Waals surface area contributed by atoms with Crippen LogP contribution in [0.5, 0.6) is 17.4 Å². The zero-order valence-corrected chi connectivity index (χ0v) is 26.5. The van der Waals surface area contributed by atoms with Gasteiger partial charge in [-0.2, -0.15) is 5.21 Å². The van der Waals surface area contributed by atoms with Crippen molar-refractivity contribution in [2.45, 2.75) is 63.0 Å². The lowest BCUT2D eigenvalue weighted by Gasteiger charge is -2.28. The summed E-state index contributed by atoms with van der Waals surface area (Å²) in [7, 11) is 0. The second kappa shape index (κ2) is 12.7. The lowest BCUT2D eigenvalue weighted by molar-refractivity contribution is -0.120. The number of carbonyl (C=O) groups excluding carboxylic acids is 1.